The van der Waals surface area contributed by atoms with Crippen LogP contribution in [-0.2, 0) is 10.0 Å². The van der Waals surface area contributed by atoms with Crippen molar-refractivity contribution in [2.45, 2.75) is 109 Å². The van der Waals surface area contributed by atoms with Crippen LogP contribution in [0.4, 0.5) is 5.69 Å². The van der Waals surface area contributed by atoms with Crippen molar-refractivity contribution in [1.82, 2.24) is 0 Å². The first-order chi connectivity index (χ1) is 17.4. The van der Waals surface area contributed by atoms with Crippen LogP contribution in [0.15, 0.2) is 53.4 Å². The zero-order chi connectivity index (χ0) is 26.1. The van der Waals surface area contributed by atoms with Crippen molar-refractivity contribution >= 4 is 21.6 Å². The van der Waals surface area contributed by atoms with Crippen molar-refractivity contribution in [2.24, 2.45) is 0 Å². The molecule has 0 spiro atoms. The molecule has 0 unspecified atom stereocenters. The summed E-state index contributed by atoms with van der Waals surface area (Å²) in [4.78, 5) is 12.4. The molecule has 0 saturated carbocycles. The number of carbonyl (C=O) groups is 1. The van der Waals surface area contributed by atoms with Crippen LogP contribution in [0.5, 0.6) is 0 Å². The van der Waals surface area contributed by atoms with E-state index in [1.54, 1.807) is 36.4 Å². The van der Waals surface area contributed by atoms with E-state index in [4.69, 9.17) is 0 Å². The summed E-state index contributed by atoms with van der Waals surface area (Å²) in [7, 11) is -4.01. The summed E-state index contributed by atoms with van der Waals surface area (Å²) >= 11 is 0. The second-order valence-corrected chi connectivity index (χ2v) is 11.4. The summed E-state index contributed by atoms with van der Waals surface area (Å²) in [5.74, 6) is -0.755. The van der Waals surface area contributed by atoms with Crippen molar-refractivity contribution in [3.63, 3.8) is 0 Å². The Labute approximate surface area is 247 Å². The number of hydrogen-bond donors (Lipinski definition) is 1. The minimum absolute atomic E-state index is 0. The van der Waals surface area contributed by atoms with Gasteiger partial charge < -0.3 is 14.8 Å². The first kappa shape index (κ1) is 33.7. The molecule has 0 aliphatic rings. The maximum absolute atomic E-state index is 12.4. The number of aryl methyl sites for hydroxylation is 1. The van der Waals surface area contributed by atoms with E-state index in [0.717, 1.165) is 24.2 Å². The van der Waals surface area contributed by atoms with Crippen molar-refractivity contribution in [2.75, 3.05) is 11.9 Å². The van der Waals surface area contributed by atoms with Gasteiger partial charge in [-0.1, -0.05) is 120 Å². The van der Waals surface area contributed by atoms with Crippen molar-refractivity contribution < 1.29 is 42.8 Å². The fourth-order valence-electron chi connectivity index (χ4n) is 4.21. The fraction of sp³-hybridized carbons (Fsp3) is 0.567. The molecule has 1 amide bonds. The van der Waals surface area contributed by atoms with Gasteiger partial charge in [0.2, 0.25) is 0 Å². The Balaban J connectivity index is 0.00000684. The third-order valence-corrected chi connectivity index (χ3v) is 7.79. The molecule has 7 heteroatoms. The maximum atomic E-state index is 12.4. The van der Waals surface area contributed by atoms with E-state index in [9.17, 15) is 13.2 Å². The monoisotopic (exact) mass is 536 g/mol. The first-order valence-electron chi connectivity index (χ1n) is 13.9. The summed E-state index contributed by atoms with van der Waals surface area (Å²) in [6.07, 6.45) is 18.8. The van der Waals surface area contributed by atoms with Crippen molar-refractivity contribution in [3.8, 4) is 0 Å². The Hall–Kier alpha value is -1.34. The SMILES string of the molecule is CCCCCCCCCCCCCCCCNc1ccc(C(=O)[N-]S(=O)(=O)c2ccc(C)cc2)cc1.[Na+]. The number of rotatable bonds is 19. The van der Waals surface area contributed by atoms with Crippen LogP contribution in [0.3, 0.4) is 0 Å². The predicted octanol–water partition coefficient (Wildman–Crippen LogP) is 5.80. The Morgan fingerprint density at radius 3 is 1.65 bits per heavy atom. The maximum Gasteiger partial charge on any atom is 1.00 e. The van der Waals surface area contributed by atoms with Gasteiger partial charge in [-0.2, -0.15) is 0 Å². The van der Waals surface area contributed by atoms with Gasteiger partial charge in [-0.15, -0.1) is 0 Å². The van der Waals surface area contributed by atoms with Crippen molar-refractivity contribution in [1.29, 1.82) is 0 Å². The summed E-state index contributed by atoms with van der Waals surface area (Å²) in [5.41, 5.74) is 2.12. The van der Waals surface area contributed by atoms with Gasteiger partial charge in [0.1, 0.15) is 10.0 Å². The Bertz CT molecular complexity index is 977. The van der Waals surface area contributed by atoms with E-state index in [2.05, 4.69) is 17.0 Å². The quantitative estimate of drug-likeness (QED) is 0.182. The smallest absolute Gasteiger partial charge is 0.538 e. The second-order valence-electron chi connectivity index (χ2n) is 9.78. The number of sulfonamides is 1. The molecule has 37 heavy (non-hydrogen) atoms. The van der Waals surface area contributed by atoms with Crippen LogP contribution in [0.2, 0.25) is 0 Å². The zero-order valence-corrected chi connectivity index (χ0v) is 26.1. The van der Waals surface area contributed by atoms with Crippen LogP contribution >= 0.6 is 0 Å². The molecule has 2 aromatic rings. The zero-order valence-electron chi connectivity index (χ0n) is 23.3. The number of nitrogens with one attached hydrogen (secondary N) is 1. The Morgan fingerprint density at radius 2 is 1.16 bits per heavy atom. The molecule has 2 rings (SSSR count). The number of carbonyl (C=O) groups excluding carboxylic acids is 1. The first-order valence-corrected chi connectivity index (χ1v) is 15.3. The number of hydrogen-bond acceptors (Lipinski definition) is 4. The van der Waals surface area contributed by atoms with Crippen LogP contribution in [-0.4, -0.2) is 20.9 Å². The van der Waals surface area contributed by atoms with Gasteiger partial charge in [0.05, 0.1) is 10.8 Å². The van der Waals surface area contributed by atoms with Crippen LogP contribution in [0.25, 0.3) is 4.72 Å². The number of benzene rings is 2. The van der Waals surface area contributed by atoms with Gasteiger partial charge in [0, 0.05) is 17.8 Å². The molecule has 0 fully saturated rings. The second kappa shape index (κ2) is 19.7. The molecule has 0 aliphatic heterocycles. The Morgan fingerprint density at radius 1 is 0.703 bits per heavy atom. The van der Waals surface area contributed by atoms with Crippen LogP contribution in [0, 0.1) is 6.92 Å². The number of nitrogens with zero attached hydrogens (tertiary/aromatic N) is 1. The number of unbranched alkanes of at least 4 members (excludes halogenated alkanes) is 13. The van der Waals surface area contributed by atoms with E-state index in [0.29, 0.717) is 0 Å². The molecule has 0 atom stereocenters. The van der Waals surface area contributed by atoms with Gasteiger partial charge in [-0.25, -0.2) is 8.42 Å². The molecule has 0 saturated heterocycles. The number of anilines is 1. The minimum atomic E-state index is -4.01. The molecule has 0 aromatic heterocycles. The molecule has 5 nitrogen and oxygen atoms in total. The molecule has 0 aliphatic carbocycles. The summed E-state index contributed by atoms with van der Waals surface area (Å²) < 4.78 is 28.2. The standard InChI is InChI=1S/C30H46N2O3S.Na/c1-3-4-5-6-7-8-9-10-11-12-13-14-15-16-25-31-28-21-19-27(20-22-28)30(33)32-36(34,35)29-23-17-26(2)18-24-29;/h17-24H,3-16,25H2,1-2H3,(H2,31,32,33);/q;+1/p-1. The van der Waals surface area contributed by atoms with Gasteiger partial charge in [-0.05, 0) is 37.6 Å². The van der Waals surface area contributed by atoms with Gasteiger partial charge >= 0.3 is 29.6 Å². The van der Waals surface area contributed by atoms with E-state index in [-0.39, 0.29) is 40.0 Å². The van der Waals surface area contributed by atoms with Crippen LogP contribution < -0.4 is 34.9 Å². The third-order valence-electron chi connectivity index (χ3n) is 6.51. The molecule has 0 radical (unpaired) electrons. The predicted molar refractivity (Wildman–Crippen MR) is 151 cm³/mol. The molecular weight excluding hydrogens is 491 g/mol. The fourth-order valence-corrected chi connectivity index (χ4v) is 5.12. The normalized spacial score (nSPS) is 11.1. The topological polar surface area (TPSA) is 77.3 Å². The number of amides is 1. The Kier molecular flexibility index (Phi) is 17.9. The van der Waals surface area contributed by atoms with Crippen molar-refractivity contribution in [3.05, 3.63) is 64.4 Å². The van der Waals surface area contributed by atoms with Gasteiger partial charge in [0.15, 0.2) is 0 Å². The van der Waals surface area contributed by atoms with Gasteiger partial charge in [0.25, 0.3) is 0 Å². The average Bonchev–Trinajstić information content (AvgIpc) is 2.86. The molecule has 2 aromatic carbocycles. The molecule has 0 heterocycles. The largest absolute Gasteiger partial charge is 1.00 e. The van der Waals surface area contributed by atoms with Gasteiger partial charge in [-0.3, -0.25) is 0 Å². The summed E-state index contributed by atoms with van der Waals surface area (Å²) in [6, 6.07) is 13.1. The average molecular weight is 537 g/mol. The molecule has 0 bridgehead atoms. The summed E-state index contributed by atoms with van der Waals surface area (Å²) in [6.45, 7) is 5.02. The molecule has 200 valence electrons. The third kappa shape index (κ3) is 14.4. The van der Waals surface area contributed by atoms with E-state index in [1.807, 2.05) is 6.92 Å². The van der Waals surface area contributed by atoms with Crippen LogP contribution in [0.1, 0.15) is 113 Å². The minimum Gasteiger partial charge on any atom is -0.538 e. The summed E-state index contributed by atoms with van der Waals surface area (Å²) in [5, 5.41) is 3.37. The van der Waals surface area contributed by atoms with E-state index < -0.39 is 15.9 Å². The molecular formula is C30H45N2NaO3S. The van der Waals surface area contributed by atoms with E-state index >= 15 is 0 Å². The molecule has 1 N–H and O–H groups in total. The van der Waals surface area contributed by atoms with E-state index in [1.165, 1.54) is 95.6 Å².